The molecule has 2 heteroatoms. The van der Waals surface area contributed by atoms with E-state index >= 15 is 0 Å². The van der Waals surface area contributed by atoms with Gasteiger partial charge in [0.05, 0.1) is 5.60 Å². The fourth-order valence-corrected chi connectivity index (χ4v) is 4.86. The number of hydrogen-bond acceptors (Lipinski definition) is 2. The molecule has 2 nitrogen and oxygen atoms in total. The van der Waals surface area contributed by atoms with Gasteiger partial charge in [0.25, 0.3) is 0 Å². The molecule has 20 heavy (non-hydrogen) atoms. The molecule has 0 amide bonds. The monoisotopic (exact) mass is 279 g/mol. The summed E-state index contributed by atoms with van der Waals surface area (Å²) >= 11 is 0. The van der Waals surface area contributed by atoms with Gasteiger partial charge in [-0.1, -0.05) is 38.5 Å². The van der Waals surface area contributed by atoms with Crippen LogP contribution in [-0.4, -0.2) is 24.3 Å². The van der Waals surface area contributed by atoms with Crippen LogP contribution in [0.15, 0.2) is 0 Å². The summed E-state index contributed by atoms with van der Waals surface area (Å²) in [5.41, 5.74) is 0.250. The van der Waals surface area contributed by atoms with E-state index in [9.17, 15) is 0 Å². The van der Waals surface area contributed by atoms with Crippen LogP contribution in [0.3, 0.4) is 0 Å². The number of rotatable bonds is 3. The first-order chi connectivity index (χ1) is 9.77. The van der Waals surface area contributed by atoms with Gasteiger partial charge < -0.3 is 10.1 Å². The van der Waals surface area contributed by atoms with Crippen LogP contribution < -0.4 is 5.32 Å². The normalized spacial score (nSPS) is 33.1. The highest BCUT2D eigenvalue weighted by molar-refractivity contribution is 4.93. The van der Waals surface area contributed by atoms with Crippen molar-refractivity contribution in [2.45, 2.75) is 102 Å². The van der Waals surface area contributed by atoms with Crippen LogP contribution in [0.25, 0.3) is 0 Å². The Hall–Kier alpha value is -0.0800. The van der Waals surface area contributed by atoms with Gasteiger partial charge in [0.1, 0.15) is 0 Å². The van der Waals surface area contributed by atoms with E-state index in [1.165, 1.54) is 77.0 Å². The van der Waals surface area contributed by atoms with Gasteiger partial charge in [-0.15, -0.1) is 0 Å². The maximum atomic E-state index is 6.22. The summed E-state index contributed by atoms with van der Waals surface area (Å²) in [5, 5.41) is 3.98. The van der Waals surface area contributed by atoms with Gasteiger partial charge in [0.15, 0.2) is 0 Å². The fourth-order valence-electron chi connectivity index (χ4n) is 4.86. The van der Waals surface area contributed by atoms with E-state index < -0.39 is 0 Å². The van der Waals surface area contributed by atoms with Gasteiger partial charge in [0, 0.05) is 18.7 Å². The smallest absolute Gasteiger partial charge is 0.0697 e. The third-order valence-corrected chi connectivity index (χ3v) is 6.11. The second-order valence-electron chi connectivity index (χ2n) is 7.64. The lowest BCUT2D eigenvalue weighted by atomic mass is 9.77. The first-order valence-electron chi connectivity index (χ1n) is 9.17. The van der Waals surface area contributed by atoms with E-state index in [-0.39, 0.29) is 5.60 Å². The molecule has 0 aromatic carbocycles. The SMILES string of the molecule is C[C@H](NC1CCOC2(CCCCC2)C1)C1CCCCC1. The van der Waals surface area contributed by atoms with E-state index in [0.717, 1.165) is 12.5 Å². The van der Waals surface area contributed by atoms with Crippen LogP contribution in [0.5, 0.6) is 0 Å². The fraction of sp³-hybridized carbons (Fsp3) is 1.00. The molecule has 116 valence electrons. The molecule has 1 N–H and O–H groups in total. The second kappa shape index (κ2) is 6.79. The summed E-state index contributed by atoms with van der Waals surface area (Å²) in [4.78, 5) is 0. The highest BCUT2D eigenvalue weighted by Crippen LogP contribution is 2.39. The van der Waals surface area contributed by atoms with E-state index in [0.29, 0.717) is 12.1 Å². The van der Waals surface area contributed by atoms with E-state index in [1.807, 2.05) is 0 Å². The molecular formula is C18H33NO. The molecule has 1 spiro atoms. The van der Waals surface area contributed by atoms with E-state index in [2.05, 4.69) is 12.2 Å². The Balaban J connectivity index is 1.51. The Morgan fingerprint density at radius 2 is 1.65 bits per heavy atom. The zero-order valence-electron chi connectivity index (χ0n) is 13.3. The zero-order valence-corrected chi connectivity index (χ0v) is 13.3. The number of hydrogen-bond donors (Lipinski definition) is 1. The lowest BCUT2D eigenvalue weighted by Gasteiger charge is -2.45. The average Bonchev–Trinajstić information content (AvgIpc) is 2.49. The van der Waals surface area contributed by atoms with Crippen molar-refractivity contribution in [2.75, 3.05) is 6.61 Å². The summed E-state index contributed by atoms with van der Waals surface area (Å²) < 4.78 is 6.22. The van der Waals surface area contributed by atoms with Crippen molar-refractivity contribution in [3.8, 4) is 0 Å². The molecule has 0 bridgehead atoms. The van der Waals surface area contributed by atoms with Gasteiger partial charge in [-0.2, -0.15) is 0 Å². The Kier molecular flexibility index (Phi) is 5.04. The minimum absolute atomic E-state index is 0.250. The molecule has 2 aliphatic carbocycles. The molecule has 0 aromatic heterocycles. The summed E-state index contributed by atoms with van der Waals surface area (Å²) in [6.45, 7) is 3.41. The van der Waals surface area contributed by atoms with Crippen molar-refractivity contribution in [1.82, 2.24) is 5.32 Å². The van der Waals surface area contributed by atoms with Crippen LogP contribution in [0.2, 0.25) is 0 Å². The highest BCUT2D eigenvalue weighted by atomic mass is 16.5. The van der Waals surface area contributed by atoms with Gasteiger partial charge in [-0.25, -0.2) is 0 Å². The molecule has 0 aromatic rings. The quantitative estimate of drug-likeness (QED) is 0.825. The molecule has 2 saturated carbocycles. The first kappa shape index (κ1) is 14.8. The molecule has 1 unspecified atom stereocenters. The van der Waals surface area contributed by atoms with Gasteiger partial charge in [0.2, 0.25) is 0 Å². The minimum Gasteiger partial charge on any atom is -0.375 e. The molecule has 3 rings (SSSR count). The predicted molar refractivity (Wildman–Crippen MR) is 84.0 cm³/mol. The molecule has 3 fully saturated rings. The summed E-state index contributed by atoms with van der Waals surface area (Å²) in [5.74, 6) is 0.925. The van der Waals surface area contributed by atoms with Crippen molar-refractivity contribution in [2.24, 2.45) is 5.92 Å². The largest absolute Gasteiger partial charge is 0.375 e. The van der Waals surface area contributed by atoms with Crippen LogP contribution in [0, 0.1) is 5.92 Å². The van der Waals surface area contributed by atoms with Crippen LogP contribution in [0.1, 0.15) is 84.0 Å². The van der Waals surface area contributed by atoms with Crippen LogP contribution in [-0.2, 0) is 4.74 Å². The Morgan fingerprint density at radius 3 is 2.40 bits per heavy atom. The minimum atomic E-state index is 0.250. The lowest BCUT2D eigenvalue weighted by molar-refractivity contribution is -0.110. The topological polar surface area (TPSA) is 21.3 Å². The van der Waals surface area contributed by atoms with Crippen molar-refractivity contribution < 1.29 is 4.74 Å². The Labute approximate surface area is 125 Å². The summed E-state index contributed by atoms with van der Waals surface area (Å²) in [6.07, 6.45) is 16.5. The van der Waals surface area contributed by atoms with E-state index in [1.54, 1.807) is 0 Å². The zero-order chi connectivity index (χ0) is 13.8. The average molecular weight is 279 g/mol. The second-order valence-corrected chi connectivity index (χ2v) is 7.64. The van der Waals surface area contributed by atoms with Crippen LogP contribution in [0.4, 0.5) is 0 Å². The van der Waals surface area contributed by atoms with Crippen molar-refractivity contribution in [3.05, 3.63) is 0 Å². The Bertz CT molecular complexity index is 286. The standard InChI is InChI=1S/C18H33NO/c1-15(16-8-4-2-5-9-16)19-17-10-13-20-18(14-17)11-6-3-7-12-18/h15-17,19H,2-14H2,1H3/t15-,17?/m0/s1. The molecule has 1 heterocycles. The molecule has 2 atom stereocenters. The number of ether oxygens (including phenoxy) is 1. The van der Waals surface area contributed by atoms with Gasteiger partial charge >= 0.3 is 0 Å². The van der Waals surface area contributed by atoms with Crippen molar-refractivity contribution in [1.29, 1.82) is 0 Å². The Morgan fingerprint density at radius 1 is 0.950 bits per heavy atom. The van der Waals surface area contributed by atoms with Gasteiger partial charge in [-0.3, -0.25) is 0 Å². The maximum absolute atomic E-state index is 6.22. The highest BCUT2D eigenvalue weighted by Gasteiger charge is 2.39. The lowest BCUT2D eigenvalue weighted by Crippen LogP contribution is -2.51. The molecule has 1 saturated heterocycles. The molecule has 0 radical (unpaired) electrons. The third-order valence-electron chi connectivity index (χ3n) is 6.11. The van der Waals surface area contributed by atoms with Gasteiger partial charge in [-0.05, 0) is 51.4 Å². The maximum Gasteiger partial charge on any atom is 0.0697 e. The van der Waals surface area contributed by atoms with E-state index in [4.69, 9.17) is 4.74 Å². The van der Waals surface area contributed by atoms with Crippen LogP contribution >= 0.6 is 0 Å². The summed E-state index contributed by atoms with van der Waals surface area (Å²) in [7, 11) is 0. The molecular weight excluding hydrogens is 246 g/mol. The first-order valence-corrected chi connectivity index (χ1v) is 9.17. The molecule has 3 aliphatic rings. The van der Waals surface area contributed by atoms with Crippen molar-refractivity contribution in [3.63, 3.8) is 0 Å². The molecule has 1 aliphatic heterocycles. The third kappa shape index (κ3) is 3.57. The number of nitrogens with one attached hydrogen (secondary N) is 1. The predicted octanol–water partition coefficient (Wildman–Crippen LogP) is 4.43. The van der Waals surface area contributed by atoms with Crippen molar-refractivity contribution >= 4 is 0 Å². The summed E-state index contributed by atoms with van der Waals surface area (Å²) in [6, 6.07) is 1.41.